The number of imidazole rings is 1. The van der Waals surface area contributed by atoms with Gasteiger partial charge < -0.3 is 20.4 Å². The van der Waals surface area contributed by atoms with E-state index < -0.39 is 5.91 Å². The van der Waals surface area contributed by atoms with Crippen LogP contribution < -0.4 is 10.5 Å². The average molecular weight is 336 g/mol. The van der Waals surface area contributed by atoms with Crippen molar-refractivity contribution in [2.75, 3.05) is 20.1 Å². The molecule has 0 bridgehead atoms. The summed E-state index contributed by atoms with van der Waals surface area (Å²) in [5.74, 6) is 1.17. The molecule has 3 N–H and O–H groups in total. The van der Waals surface area contributed by atoms with Crippen LogP contribution in [0.4, 0.5) is 0 Å². The van der Waals surface area contributed by atoms with Gasteiger partial charge in [0, 0.05) is 24.2 Å². The summed E-state index contributed by atoms with van der Waals surface area (Å²) >= 11 is 0. The van der Waals surface area contributed by atoms with Crippen molar-refractivity contribution in [1.29, 1.82) is 0 Å². The molecule has 3 aromatic rings. The third-order valence-corrected chi connectivity index (χ3v) is 4.55. The monoisotopic (exact) mass is 336 g/mol. The Bertz CT molecular complexity index is 917. The molecule has 0 radical (unpaired) electrons. The van der Waals surface area contributed by atoms with Gasteiger partial charge in [0.1, 0.15) is 17.7 Å². The van der Waals surface area contributed by atoms with Crippen LogP contribution in [0.25, 0.3) is 22.4 Å². The van der Waals surface area contributed by atoms with Crippen LogP contribution in [0.3, 0.4) is 0 Å². The molecule has 0 aliphatic carbocycles. The van der Waals surface area contributed by atoms with E-state index in [0.29, 0.717) is 5.56 Å². The van der Waals surface area contributed by atoms with Crippen LogP contribution >= 0.6 is 0 Å². The number of nitrogens with one attached hydrogen (secondary N) is 1. The Morgan fingerprint density at radius 3 is 2.76 bits per heavy atom. The Morgan fingerprint density at radius 2 is 2.08 bits per heavy atom. The topological polar surface area (TPSA) is 84.2 Å². The first-order valence-corrected chi connectivity index (χ1v) is 8.34. The number of hydrogen-bond donors (Lipinski definition) is 2. The first-order chi connectivity index (χ1) is 12.1. The summed E-state index contributed by atoms with van der Waals surface area (Å²) in [6.07, 6.45) is 1.32. The second kappa shape index (κ2) is 6.22. The number of amides is 1. The van der Waals surface area contributed by atoms with E-state index in [1.165, 1.54) is 0 Å². The largest absolute Gasteiger partial charge is 0.489 e. The lowest BCUT2D eigenvalue weighted by molar-refractivity contribution is 0.100. The molecule has 1 amide bonds. The average Bonchev–Trinajstić information content (AvgIpc) is 3.20. The molecule has 1 aliphatic heterocycles. The highest BCUT2D eigenvalue weighted by atomic mass is 16.5. The number of likely N-dealkylation sites (tertiary alicyclic amines) is 1. The van der Waals surface area contributed by atoms with Crippen molar-refractivity contribution in [3.63, 3.8) is 0 Å². The van der Waals surface area contributed by atoms with Crippen molar-refractivity contribution in [3.8, 4) is 17.1 Å². The van der Waals surface area contributed by atoms with E-state index in [0.717, 1.165) is 47.7 Å². The molecule has 2 aromatic carbocycles. The summed E-state index contributed by atoms with van der Waals surface area (Å²) in [4.78, 5) is 21.4. The van der Waals surface area contributed by atoms with Gasteiger partial charge in [-0.25, -0.2) is 4.98 Å². The number of carbonyl (C=O) groups is 1. The first kappa shape index (κ1) is 15.7. The van der Waals surface area contributed by atoms with Crippen LogP contribution in [-0.2, 0) is 0 Å². The molecule has 6 heteroatoms. The second-order valence-electron chi connectivity index (χ2n) is 6.50. The minimum atomic E-state index is -0.453. The number of H-pyrrole nitrogens is 1. The number of ether oxygens (including phenoxy) is 1. The number of aromatic nitrogens is 2. The summed E-state index contributed by atoms with van der Waals surface area (Å²) in [5, 5.41) is 0. The number of aromatic amines is 1. The maximum absolute atomic E-state index is 11.3. The molecule has 1 fully saturated rings. The Labute approximate surface area is 145 Å². The van der Waals surface area contributed by atoms with Crippen LogP contribution in [-0.4, -0.2) is 47.0 Å². The smallest absolute Gasteiger partial charge is 0.248 e. The summed E-state index contributed by atoms with van der Waals surface area (Å²) in [5.41, 5.74) is 8.33. The molecular weight excluding hydrogens is 316 g/mol. The Morgan fingerprint density at radius 1 is 1.28 bits per heavy atom. The van der Waals surface area contributed by atoms with Crippen LogP contribution in [0.15, 0.2) is 42.5 Å². The van der Waals surface area contributed by atoms with Gasteiger partial charge in [-0.05, 0) is 55.9 Å². The van der Waals surface area contributed by atoms with Gasteiger partial charge in [0.15, 0.2) is 0 Å². The summed E-state index contributed by atoms with van der Waals surface area (Å²) in [6.45, 7) is 2.04. The fourth-order valence-electron chi connectivity index (χ4n) is 3.17. The maximum atomic E-state index is 11.3. The number of fused-ring (bicyclic) bond motifs is 1. The molecule has 128 valence electrons. The molecule has 6 nitrogen and oxygen atoms in total. The number of hydrogen-bond acceptors (Lipinski definition) is 4. The SMILES string of the molecule is CN1CCC(Oc2ccc(-c3nc4cc(C(N)=O)ccc4[nH]3)cc2)C1. The zero-order chi connectivity index (χ0) is 17.4. The third kappa shape index (κ3) is 3.21. The quantitative estimate of drug-likeness (QED) is 0.766. The van der Waals surface area contributed by atoms with Gasteiger partial charge >= 0.3 is 0 Å². The maximum Gasteiger partial charge on any atom is 0.248 e. The van der Waals surface area contributed by atoms with E-state index in [1.807, 2.05) is 30.3 Å². The second-order valence-corrected chi connectivity index (χ2v) is 6.50. The molecule has 1 unspecified atom stereocenters. The fourth-order valence-corrected chi connectivity index (χ4v) is 3.17. The molecule has 4 rings (SSSR count). The number of primary amides is 1. The first-order valence-electron chi connectivity index (χ1n) is 8.34. The number of carbonyl (C=O) groups excluding carboxylic acids is 1. The van der Waals surface area contributed by atoms with Crippen molar-refractivity contribution in [3.05, 3.63) is 48.0 Å². The predicted octanol–water partition coefficient (Wildman–Crippen LogP) is 2.41. The van der Waals surface area contributed by atoms with E-state index >= 15 is 0 Å². The molecule has 1 aromatic heterocycles. The fraction of sp³-hybridized carbons (Fsp3) is 0.263. The molecule has 25 heavy (non-hydrogen) atoms. The highest BCUT2D eigenvalue weighted by Crippen LogP contribution is 2.25. The number of rotatable bonds is 4. The van der Waals surface area contributed by atoms with Gasteiger partial charge in [-0.1, -0.05) is 0 Å². The van der Waals surface area contributed by atoms with Crippen LogP contribution in [0.2, 0.25) is 0 Å². The number of likely N-dealkylation sites (N-methyl/N-ethyl adjacent to an activating group) is 1. The number of nitrogens with zero attached hydrogens (tertiary/aromatic N) is 2. The third-order valence-electron chi connectivity index (χ3n) is 4.55. The summed E-state index contributed by atoms with van der Waals surface area (Å²) in [7, 11) is 2.11. The van der Waals surface area contributed by atoms with Crippen LogP contribution in [0.1, 0.15) is 16.8 Å². The summed E-state index contributed by atoms with van der Waals surface area (Å²) in [6, 6.07) is 13.1. The van der Waals surface area contributed by atoms with Crippen molar-refractivity contribution in [2.24, 2.45) is 5.73 Å². The van der Waals surface area contributed by atoms with Crippen LogP contribution in [0.5, 0.6) is 5.75 Å². The normalized spacial score (nSPS) is 17.9. The highest BCUT2D eigenvalue weighted by molar-refractivity contribution is 5.96. The predicted molar refractivity (Wildman–Crippen MR) is 96.6 cm³/mol. The lowest BCUT2D eigenvalue weighted by Gasteiger charge is -2.13. The van der Waals surface area contributed by atoms with Gasteiger partial charge in [-0.2, -0.15) is 0 Å². The molecule has 1 aliphatic rings. The molecule has 2 heterocycles. The molecule has 0 saturated carbocycles. The van der Waals surface area contributed by atoms with Crippen molar-refractivity contribution in [2.45, 2.75) is 12.5 Å². The van der Waals surface area contributed by atoms with E-state index in [4.69, 9.17) is 10.5 Å². The van der Waals surface area contributed by atoms with E-state index in [9.17, 15) is 4.79 Å². The number of nitrogens with two attached hydrogens (primary N) is 1. The van der Waals surface area contributed by atoms with Crippen molar-refractivity contribution in [1.82, 2.24) is 14.9 Å². The Kier molecular flexibility index (Phi) is 3.89. The minimum Gasteiger partial charge on any atom is -0.489 e. The van der Waals surface area contributed by atoms with Gasteiger partial charge in [0.05, 0.1) is 11.0 Å². The zero-order valence-corrected chi connectivity index (χ0v) is 14.0. The van der Waals surface area contributed by atoms with Crippen LogP contribution in [0, 0.1) is 0 Å². The van der Waals surface area contributed by atoms with Crippen molar-refractivity contribution >= 4 is 16.9 Å². The number of benzene rings is 2. The standard InChI is InChI=1S/C19H20N4O2/c1-23-9-8-15(11-23)25-14-5-2-12(3-6-14)19-21-16-7-4-13(18(20)24)10-17(16)22-19/h2-7,10,15H,8-9,11H2,1H3,(H2,20,24)(H,21,22). The molecule has 1 atom stereocenters. The van der Waals surface area contributed by atoms with E-state index in [1.54, 1.807) is 12.1 Å². The molecule has 0 spiro atoms. The van der Waals surface area contributed by atoms with Crippen molar-refractivity contribution < 1.29 is 9.53 Å². The Balaban J connectivity index is 1.55. The van der Waals surface area contributed by atoms with Gasteiger partial charge in [-0.15, -0.1) is 0 Å². The van der Waals surface area contributed by atoms with Gasteiger partial charge in [-0.3, -0.25) is 4.79 Å². The lowest BCUT2D eigenvalue weighted by atomic mass is 10.2. The lowest BCUT2D eigenvalue weighted by Crippen LogP contribution is -2.21. The minimum absolute atomic E-state index is 0.259. The van der Waals surface area contributed by atoms with Gasteiger partial charge in [0.2, 0.25) is 5.91 Å². The summed E-state index contributed by atoms with van der Waals surface area (Å²) < 4.78 is 6.01. The van der Waals surface area contributed by atoms with E-state index in [-0.39, 0.29) is 6.10 Å². The molecular formula is C19H20N4O2. The Hall–Kier alpha value is -2.86. The highest BCUT2D eigenvalue weighted by Gasteiger charge is 2.20. The zero-order valence-electron chi connectivity index (χ0n) is 14.0. The van der Waals surface area contributed by atoms with E-state index in [2.05, 4.69) is 21.9 Å². The molecule has 1 saturated heterocycles. The van der Waals surface area contributed by atoms with Gasteiger partial charge in [0.25, 0.3) is 0 Å².